The van der Waals surface area contributed by atoms with E-state index >= 15 is 0 Å². The van der Waals surface area contributed by atoms with Gasteiger partial charge in [0.05, 0.1) is 28.5 Å². The summed E-state index contributed by atoms with van der Waals surface area (Å²) >= 11 is 5.74. The van der Waals surface area contributed by atoms with Crippen molar-refractivity contribution in [3.05, 3.63) is 64.4 Å². The number of aromatic nitrogens is 3. The highest BCUT2D eigenvalue weighted by Gasteiger charge is 2.16. The lowest BCUT2D eigenvalue weighted by Crippen LogP contribution is -2.08. The summed E-state index contributed by atoms with van der Waals surface area (Å²) in [6, 6.07) is 11.3. The molecule has 26 heavy (non-hydrogen) atoms. The topological polar surface area (TPSA) is 71.0 Å². The molecule has 0 aliphatic rings. The molecule has 126 valence electrons. The number of H-pyrrole nitrogens is 1. The van der Waals surface area contributed by atoms with Crippen molar-refractivity contribution in [2.75, 3.05) is 12.4 Å². The minimum atomic E-state index is -0.0832. The fourth-order valence-electron chi connectivity index (χ4n) is 3.51. The Morgan fingerprint density at radius 2 is 2.00 bits per heavy atom. The molecule has 5 aromatic rings. The van der Waals surface area contributed by atoms with Crippen LogP contribution in [0.15, 0.2) is 58.6 Å². The summed E-state index contributed by atoms with van der Waals surface area (Å²) in [6.07, 6.45) is 3.57. The molecule has 0 radical (unpaired) electrons. The number of hydrogen-bond donors (Lipinski definition) is 1. The Hall–Kier alpha value is -3.05. The number of alkyl halides is 1. The maximum Gasteiger partial charge on any atom is 0.214 e. The van der Waals surface area contributed by atoms with E-state index in [2.05, 4.69) is 19.9 Å². The first-order chi connectivity index (χ1) is 12.8. The van der Waals surface area contributed by atoms with Gasteiger partial charge in [-0.05, 0) is 41.8 Å². The van der Waals surface area contributed by atoms with Crippen molar-refractivity contribution in [1.29, 1.82) is 0 Å². The highest BCUT2D eigenvalue weighted by molar-refractivity contribution is 6.23. The molecule has 0 aliphatic heterocycles. The largest absolute Gasteiger partial charge is 0.359 e. The number of fused-ring (bicyclic) bond motifs is 4. The number of hydrogen-bond acceptors (Lipinski definition) is 4. The summed E-state index contributed by atoms with van der Waals surface area (Å²) in [5.74, 6) is 0.477. The molecule has 5 rings (SSSR count). The third kappa shape index (κ3) is 2.10. The Labute approximate surface area is 152 Å². The average Bonchev–Trinajstić information content (AvgIpc) is 2.70. The number of nitrogens with zero attached hydrogens (tertiary/aromatic N) is 3. The SMILES string of the molecule is O=c1c2ccc[nH]c2c2nccc3c4cc(=NCCCl)ccc4nc1c32. The Bertz CT molecular complexity index is 1420. The van der Waals surface area contributed by atoms with Gasteiger partial charge in [0.25, 0.3) is 0 Å². The second-order valence-electron chi connectivity index (χ2n) is 6.10. The minimum Gasteiger partial charge on any atom is -0.359 e. The fraction of sp³-hybridized carbons (Fsp3) is 0.100. The second-order valence-corrected chi connectivity index (χ2v) is 6.48. The Morgan fingerprint density at radius 1 is 1.08 bits per heavy atom. The molecule has 0 bridgehead atoms. The first-order valence-electron chi connectivity index (χ1n) is 8.29. The third-order valence-corrected chi connectivity index (χ3v) is 4.79. The summed E-state index contributed by atoms with van der Waals surface area (Å²) in [5, 5.41) is 4.14. The lowest BCUT2D eigenvalue weighted by atomic mass is 10.0. The van der Waals surface area contributed by atoms with Gasteiger partial charge in [0.2, 0.25) is 5.43 Å². The predicted molar refractivity (Wildman–Crippen MR) is 105 cm³/mol. The monoisotopic (exact) mass is 360 g/mol. The third-order valence-electron chi connectivity index (χ3n) is 4.62. The molecular weight excluding hydrogens is 348 g/mol. The maximum absolute atomic E-state index is 13.0. The Kier molecular flexibility index (Phi) is 3.36. The first kappa shape index (κ1) is 15.2. The van der Waals surface area contributed by atoms with E-state index in [4.69, 9.17) is 11.6 Å². The van der Waals surface area contributed by atoms with Gasteiger partial charge in [-0.1, -0.05) is 0 Å². The zero-order valence-corrected chi connectivity index (χ0v) is 14.4. The van der Waals surface area contributed by atoms with Gasteiger partial charge in [-0.3, -0.25) is 14.8 Å². The van der Waals surface area contributed by atoms with Crippen LogP contribution < -0.4 is 10.8 Å². The summed E-state index contributed by atoms with van der Waals surface area (Å²) in [6.45, 7) is 0.560. The number of halogens is 1. The molecule has 0 spiro atoms. The zero-order valence-electron chi connectivity index (χ0n) is 13.7. The Balaban J connectivity index is 2.05. The van der Waals surface area contributed by atoms with Crippen molar-refractivity contribution in [2.24, 2.45) is 4.99 Å². The maximum atomic E-state index is 13.0. The van der Waals surface area contributed by atoms with E-state index in [0.29, 0.717) is 23.3 Å². The number of aromatic amines is 1. The van der Waals surface area contributed by atoms with Crippen molar-refractivity contribution in [2.45, 2.75) is 0 Å². The van der Waals surface area contributed by atoms with Gasteiger partial charge < -0.3 is 4.98 Å². The molecule has 6 heteroatoms. The van der Waals surface area contributed by atoms with Crippen LogP contribution in [0.4, 0.5) is 0 Å². The van der Waals surface area contributed by atoms with Crippen LogP contribution >= 0.6 is 11.6 Å². The van der Waals surface area contributed by atoms with E-state index in [0.717, 1.165) is 38.1 Å². The van der Waals surface area contributed by atoms with Crippen molar-refractivity contribution < 1.29 is 0 Å². The smallest absolute Gasteiger partial charge is 0.214 e. The van der Waals surface area contributed by atoms with Crippen LogP contribution in [-0.4, -0.2) is 27.4 Å². The molecule has 0 saturated carbocycles. The van der Waals surface area contributed by atoms with Crippen LogP contribution in [0.1, 0.15) is 0 Å². The zero-order chi connectivity index (χ0) is 17.7. The number of nitrogens with one attached hydrogen (secondary N) is 1. The van der Waals surface area contributed by atoms with Crippen molar-refractivity contribution in [3.8, 4) is 0 Å². The lowest BCUT2D eigenvalue weighted by molar-refractivity contribution is 1.07. The molecule has 1 N–H and O–H groups in total. The van der Waals surface area contributed by atoms with Crippen molar-refractivity contribution in [1.82, 2.24) is 15.0 Å². The highest BCUT2D eigenvalue weighted by Crippen LogP contribution is 2.31. The number of pyridine rings is 3. The molecule has 0 atom stereocenters. The highest BCUT2D eigenvalue weighted by atomic mass is 35.5. The summed E-state index contributed by atoms with van der Waals surface area (Å²) in [4.78, 5) is 29.8. The van der Waals surface area contributed by atoms with E-state index in [1.54, 1.807) is 18.5 Å². The van der Waals surface area contributed by atoms with Crippen molar-refractivity contribution in [3.63, 3.8) is 0 Å². The van der Waals surface area contributed by atoms with E-state index in [1.807, 2.05) is 30.3 Å². The van der Waals surface area contributed by atoms with Crippen LogP contribution in [0.25, 0.3) is 43.6 Å². The fourth-order valence-corrected chi connectivity index (χ4v) is 3.60. The molecule has 3 heterocycles. The molecule has 5 nitrogen and oxygen atoms in total. The molecule has 2 aromatic carbocycles. The minimum absolute atomic E-state index is 0.0832. The van der Waals surface area contributed by atoms with Crippen LogP contribution in [0.3, 0.4) is 0 Å². The van der Waals surface area contributed by atoms with Gasteiger partial charge in [-0.15, -0.1) is 11.6 Å². The molecule has 3 aromatic heterocycles. The van der Waals surface area contributed by atoms with E-state index in [1.165, 1.54) is 0 Å². The van der Waals surface area contributed by atoms with Gasteiger partial charge in [0.15, 0.2) is 0 Å². The molecule has 0 aliphatic carbocycles. The second kappa shape index (κ2) is 5.75. The van der Waals surface area contributed by atoms with Crippen molar-refractivity contribution >= 4 is 55.2 Å². The van der Waals surface area contributed by atoms with Crippen LogP contribution in [0, 0.1) is 0 Å². The Morgan fingerprint density at radius 3 is 2.88 bits per heavy atom. The van der Waals surface area contributed by atoms with Gasteiger partial charge in [0, 0.05) is 34.4 Å². The summed E-state index contributed by atoms with van der Waals surface area (Å²) < 4.78 is 0. The van der Waals surface area contributed by atoms with Gasteiger partial charge in [0.1, 0.15) is 5.52 Å². The van der Waals surface area contributed by atoms with Crippen LogP contribution in [-0.2, 0) is 0 Å². The van der Waals surface area contributed by atoms with Gasteiger partial charge in [-0.2, -0.15) is 0 Å². The van der Waals surface area contributed by atoms with Gasteiger partial charge >= 0.3 is 0 Å². The van der Waals surface area contributed by atoms with Crippen LogP contribution in [0.2, 0.25) is 0 Å². The van der Waals surface area contributed by atoms with E-state index in [-0.39, 0.29) is 5.43 Å². The van der Waals surface area contributed by atoms with E-state index in [9.17, 15) is 4.79 Å². The number of rotatable bonds is 2. The van der Waals surface area contributed by atoms with Crippen LogP contribution in [0.5, 0.6) is 0 Å². The molecule has 0 amide bonds. The number of benzene rings is 2. The quantitative estimate of drug-likeness (QED) is 0.298. The molecule has 0 unspecified atom stereocenters. The lowest BCUT2D eigenvalue weighted by Gasteiger charge is -2.10. The standard InChI is InChI=1S/C20H13ClN4O/c21-6-9-22-11-3-4-15-14(10-11)12-5-8-24-18-16(12)19(25-15)20(26)13-2-1-7-23-17(13)18/h1-5,7-8,10,23H,6,9H2. The molecular formula is C20H13ClN4O. The normalized spacial score (nSPS) is 12.7. The molecule has 0 fully saturated rings. The summed E-state index contributed by atoms with van der Waals surface area (Å²) in [7, 11) is 0. The van der Waals surface area contributed by atoms with E-state index < -0.39 is 0 Å². The van der Waals surface area contributed by atoms with Gasteiger partial charge in [-0.25, -0.2) is 4.98 Å². The predicted octanol–water partition coefficient (Wildman–Crippen LogP) is 3.36. The average molecular weight is 361 g/mol. The molecule has 0 saturated heterocycles. The first-order valence-corrected chi connectivity index (χ1v) is 8.83. The summed E-state index contributed by atoms with van der Waals surface area (Å²) in [5.41, 5.74) is 2.63.